The minimum absolute atomic E-state index is 0.0460. The maximum Gasteiger partial charge on any atom is 0.228 e. The number of hydrogen-bond donors (Lipinski definition) is 1. The summed E-state index contributed by atoms with van der Waals surface area (Å²) in [6.45, 7) is 4.26. The smallest absolute Gasteiger partial charge is 0.228 e. The predicted molar refractivity (Wildman–Crippen MR) is 88.2 cm³/mol. The lowest BCUT2D eigenvalue weighted by atomic mass is 9.89. The summed E-state index contributed by atoms with van der Waals surface area (Å²) in [5, 5.41) is 11.6. The first-order valence-corrected chi connectivity index (χ1v) is 8.68. The normalized spacial score (nSPS) is 17.4. The Bertz CT molecular complexity index is 683. The van der Waals surface area contributed by atoms with Crippen molar-refractivity contribution in [3.8, 4) is 0 Å². The Morgan fingerprint density at radius 1 is 1.33 bits per heavy atom. The van der Waals surface area contributed by atoms with Gasteiger partial charge in [0, 0.05) is 26.1 Å². The molecule has 2 aromatic heterocycles. The molecule has 0 saturated heterocycles. The minimum Gasteiger partial charge on any atom is -0.343 e. The Labute approximate surface area is 141 Å². The Balaban J connectivity index is 1.74. The van der Waals surface area contributed by atoms with Crippen molar-refractivity contribution in [3.05, 3.63) is 29.7 Å². The van der Waals surface area contributed by atoms with Crippen LogP contribution in [0.4, 0.5) is 0 Å². The number of hydrogen-bond acceptors (Lipinski definition) is 5. The third kappa shape index (κ3) is 3.83. The van der Waals surface area contributed by atoms with E-state index in [-0.39, 0.29) is 5.91 Å². The molecule has 0 unspecified atom stereocenters. The standard InChI is InChI=1S/C17H25N5O2/c1-13-11-18-22(12-13)10-7-15-19-16(21-24-15)17(20-14(2)23)8-5-3-4-6-9-17/h11-12H,3-10H2,1-2H3,(H,20,23). The number of nitrogens with zero attached hydrogens (tertiary/aromatic N) is 4. The van der Waals surface area contributed by atoms with E-state index in [9.17, 15) is 4.79 Å². The lowest BCUT2D eigenvalue weighted by Crippen LogP contribution is -2.45. The number of amides is 1. The van der Waals surface area contributed by atoms with Gasteiger partial charge in [-0.15, -0.1) is 0 Å². The molecule has 0 spiro atoms. The molecule has 3 rings (SSSR count). The number of carbonyl (C=O) groups is 1. The minimum atomic E-state index is -0.480. The molecule has 0 atom stereocenters. The summed E-state index contributed by atoms with van der Waals surface area (Å²) in [5.41, 5.74) is 0.649. The van der Waals surface area contributed by atoms with E-state index in [1.165, 1.54) is 12.8 Å². The second-order valence-corrected chi connectivity index (χ2v) is 6.72. The van der Waals surface area contributed by atoms with Crippen LogP contribution in [-0.4, -0.2) is 25.8 Å². The first-order chi connectivity index (χ1) is 11.6. The number of nitrogens with one attached hydrogen (secondary N) is 1. The van der Waals surface area contributed by atoms with Gasteiger partial charge >= 0.3 is 0 Å². The van der Waals surface area contributed by atoms with Gasteiger partial charge in [0.2, 0.25) is 11.8 Å². The van der Waals surface area contributed by atoms with Crippen LogP contribution in [0.25, 0.3) is 0 Å². The van der Waals surface area contributed by atoms with E-state index in [1.807, 2.05) is 24.0 Å². The van der Waals surface area contributed by atoms with Crippen molar-refractivity contribution in [3.63, 3.8) is 0 Å². The SMILES string of the molecule is CC(=O)NC1(c2noc(CCn3cc(C)cn3)n2)CCCCCC1. The Hall–Kier alpha value is -2.18. The van der Waals surface area contributed by atoms with Crippen LogP contribution in [0, 0.1) is 6.92 Å². The number of aryl methyl sites for hydroxylation is 3. The highest BCUT2D eigenvalue weighted by Crippen LogP contribution is 2.34. The lowest BCUT2D eigenvalue weighted by Gasteiger charge is -2.30. The van der Waals surface area contributed by atoms with Crippen LogP contribution < -0.4 is 5.32 Å². The van der Waals surface area contributed by atoms with Gasteiger partial charge < -0.3 is 9.84 Å². The second kappa shape index (κ2) is 7.15. The van der Waals surface area contributed by atoms with Gasteiger partial charge in [-0.25, -0.2) is 0 Å². The molecule has 0 aromatic carbocycles. The third-order valence-corrected chi connectivity index (χ3v) is 4.59. The van der Waals surface area contributed by atoms with E-state index >= 15 is 0 Å². The highest BCUT2D eigenvalue weighted by Gasteiger charge is 2.38. The number of aromatic nitrogens is 4. The van der Waals surface area contributed by atoms with Gasteiger partial charge in [0.15, 0.2) is 5.82 Å². The van der Waals surface area contributed by atoms with Crippen molar-refractivity contribution < 1.29 is 9.32 Å². The first-order valence-electron chi connectivity index (χ1n) is 8.68. The highest BCUT2D eigenvalue weighted by atomic mass is 16.5. The quantitative estimate of drug-likeness (QED) is 0.851. The molecule has 130 valence electrons. The van der Waals surface area contributed by atoms with Gasteiger partial charge in [-0.1, -0.05) is 30.8 Å². The van der Waals surface area contributed by atoms with E-state index in [4.69, 9.17) is 4.52 Å². The maximum absolute atomic E-state index is 11.7. The molecule has 7 heteroatoms. The summed E-state index contributed by atoms with van der Waals surface area (Å²) in [6, 6.07) is 0. The van der Waals surface area contributed by atoms with Gasteiger partial charge in [-0.2, -0.15) is 10.1 Å². The highest BCUT2D eigenvalue weighted by molar-refractivity contribution is 5.74. The zero-order valence-electron chi connectivity index (χ0n) is 14.4. The number of rotatable bonds is 5. The van der Waals surface area contributed by atoms with Crippen molar-refractivity contribution >= 4 is 5.91 Å². The largest absolute Gasteiger partial charge is 0.343 e. The van der Waals surface area contributed by atoms with E-state index < -0.39 is 5.54 Å². The summed E-state index contributed by atoms with van der Waals surface area (Å²) < 4.78 is 7.31. The summed E-state index contributed by atoms with van der Waals surface area (Å²) >= 11 is 0. The molecule has 7 nitrogen and oxygen atoms in total. The van der Waals surface area contributed by atoms with Gasteiger partial charge in [0.1, 0.15) is 5.54 Å². The van der Waals surface area contributed by atoms with E-state index in [2.05, 4.69) is 20.6 Å². The second-order valence-electron chi connectivity index (χ2n) is 6.72. The topological polar surface area (TPSA) is 85.8 Å². The molecule has 2 heterocycles. The van der Waals surface area contributed by atoms with Crippen LogP contribution in [0.2, 0.25) is 0 Å². The molecule has 1 aliphatic carbocycles. The molecule has 0 radical (unpaired) electrons. The number of carbonyl (C=O) groups excluding carboxylic acids is 1. The molecule has 1 amide bonds. The summed E-state index contributed by atoms with van der Waals surface area (Å²) in [7, 11) is 0. The van der Waals surface area contributed by atoms with Crippen molar-refractivity contribution in [1.29, 1.82) is 0 Å². The van der Waals surface area contributed by atoms with Crippen LogP contribution >= 0.6 is 0 Å². The third-order valence-electron chi connectivity index (χ3n) is 4.59. The fourth-order valence-corrected chi connectivity index (χ4v) is 3.42. The molecule has 0 aliphatic heterocycles. The Morgan fingerprint density at radius 3 is 2.71 bits per heavy atom. The fourth-order valence-electron chi connectivity index (χ4n) is 3.42. The van der Waals surface area contributed by atoms with Gasteiger partial charge in [-0.05, 0) is 25.3 Å². The average Bonchev–Trinajstić information content (AvgIpc) is 3.11. The Morgan fingerprint density at radius 2 is 2.08 bits per heavy atom. The predicted octanol–water partition coefficient (Wildman–Crippen LogP) is 2.50. The van der Waals surface area contributed by atoms with Crippen molar-refractivity contribution in [2.75, 3.05) is 0 Å². The monoisotopic (exact) mass is 331 g/mol. The molecule has 0 bridgehead atoms. The van der Waals surface area contributed by atoms with E-state index in [1.54, 1.807) is 6.92 Å². The maximum atomic E-state index is 11.7. The molecule has 1 fully saturated rings. The Kier molecular flexibility index (Phi) is 4.97. The summed E-state index contributed by atoms with van der Waals surface area (Å²) in [6.07, 6.45) is 10.7. The molecule has 1 aliphatic rings. The van der Waals surface area contributed by atoms with Crippen LogP contribution in [0.15, 0.2) is 16.9 Å². The van der Waals surface area contributed by atoms with Gasteiger partial charge in [0.25, 0.3) is 0 Å². The first kappa shape index (κ1) is 16.7. The molecular formula is C17H25N5O2. The molecule has 1 N–H and O–H groups in total. The fraction of sp³-hybridized carbons (Fsp3) is 0.647. The molecule has 24 heavy (non-hydrogen) atoms. The zero-order valence-corrected chi connectivity index (χ0v) is 14.4. The summed E-state index contributed by atoms with van der Waals surface area (Å²) in [5.74, 6) is 1.16. The van der Waals surface area contributed by atoms with Crippen LogP contribution in [0.3, 0.4) is 0 Å². The van der Waals surface area contributed by atoms with E-state index in [0.717, 1.165) is 31.2 Å². The molecule has 1 saturated carbocycles. The van der Waals surface area contributed by atoms with Gasteiger partial charge in [-0.3, -0.25) is 9.48 Å². The van der Waals surface area contributed by atoms with Crippen molar-refractivity contribution in [1.82, 2.24) is 25.2 Å². The van der Waals surface area contributed by atoms with Crippen LogP contribution in [-0.2, 0) is 23.3 Å². The van der Waals surface area contributed by atoms with Crippen molar-refractivity contribution in [2.24, 2.45) is 0 Å². The van der Waals surface area contributed by atoms with Gasteiger partial charge in [0.05, 0.1) is 6.20 Å². The molecular weight excluding hydrogens is 306 g/mol. The van der Waals surface area contributed by atoms with Crippen LogP contribution in [0.1, 0.15) is 62.7 Å². The lowest BCUT2D eigenvalue weighted by molar-refractivity contribution is -0.121. The van der Waals surface area contributed by atoms with E-state index in [0.29, 0.717) is 24.7 Å². The van der Waals surface area contributed by atoms with Crippen LogP contribution in [0.5, 0.6) is 0 Å². The van der Waals surface area contributed by atoms with Crippen molar-refractivity contribution in [2.45, 2.75) is 70.9 Å². The average molecular weight is 331 g/mol. The molecule has 2 aromatic rings. The summed E-state index contributed by atoms with van der Waals surface area (Å²) in [4.78, 5) is 16.3. The zero-order chi connectivity index (χ0) is 17.0.